The quantitative estimate of drug-likeness (QED) is 0.749. The van der Waals surface area contributed by atoms with Crippen LogP contribution >= 0.6 is 0 Å². The van der Waals surface area contributed by atoms with E-state index >= 15 is 0 Å². The minimum absolute atomic E-state index is 0.0575. The minimum Gasteiger partial charge on any atom is -0.350 e. The summed E-state index contributed by atoms with van der Waals surface area (Å²) >= 11 is 0. The van der Waals surface area contributed by atoms with Crippen molar-refractivity contribution in [2.24, 2.45) is 17.8 Å². The SMILES string of the molecule is CC(C)CCCC(C)NC(=O)c1cccc(NC(=O)C2CC2C)c1. The van der Waals surface area contributed by atoms with Crippen LogP contribution in [0.2, 0.25) is 0 Å². The van der Waals surface area contributed by atoms with Crippen molar-refractivity contribution in [1.82, 2.24) is 5.32 Å². The fourth-order valence-electron chi connectivity index (χ4n) is 2.87. The van der Waals surface area contributed by atoms with Crippen LogP contribution in [0.5, 0.6) is 0 Å². The van der Waals surface area contributed by atoms with Gasteiger partial charge in [0.1, 0.15) is 0 Å². The highest BCUT2D eigenvalue weighted by Crippen LogP contribution is 2.38. The first-order valence-electron chi connectivity index (χ1n) is 9.08. The average molecular weight is 330 g/mol. The van der Waals surface area contributed by atoms with Gasteiger partial charge in [-0.1, -0.05) is 39.7 Å². The van der Waals surface area contributed by atoms with Gasteiger partial charge in [0, 0.05) is 23.2 Å². The standard InChI is InChI=1S/C20H30N2O2/c1-13(2)7-5-8-15(4)21-19(23)16-9-6-10-17(12-16)22-20(24)18-11-14(18)3/h6,9-10,12-15,18H,5,7-8,11H2,1-4H3,(H,21,23)(H,22,24). The van der Waals surface area contributed by atoms with Crippen LogP contribution < -0.4 is 10.6 Å². The maximum Gasteiger partial charge on any atom is 0.251 e. The van der Waals surface area contributed by atoms with Crippen molar-refractivity contribution in [3.05, 3.63) is 29.8 Å². The van der Waals surface area contributed by atoms with Gasteiger partial charge < -0.3 is 10.6 Å². The van der Waals surface area contributed by atoms with Gasteiger partial charge in [-0.25, -0.2) is 0 Å². The molecular formula is C20H30N2O2. The van der Waals surface area contributed by atoms with Gasteiger partial charge >= 0.3 is 0 Å². The van der Waals surface area contributed by atoms with Crippen molar-refractivity contribution in [3.8, 4) is 0 Å². The van der Waals surface area contributed by atoms with Crippen LogP contribution in [-0.2, 0) is 4.79 Å². The van der Waals surface area contributed by atoms with Crippen LogP contribution in [0.3, 0.4) is 0 Å². The van der Waals surface area contributed by atoms with E-state index in [-0.39, 0.29) is 23.8 Å². The van der Waals surface area contributed by atoms with Crippen LogP contribution in [0.15, 0.2) is 24.3 Å². The molecular weight excluding hydrogens is 300 g/mol. The molecule has 1 aliphatic rings. The predicted molar refractivity (Wildman–Crippen MR) is 98.0 cm³/mol. The van der Waals surface area contributed by atoms with Gasteiger partial charge in [0.15, 0.2) is 0 Å². The van der Waals surface area contributed by atoms with E-state index in [0.29, 0.717) is 23.1 Å². The third-order valence-corrected chi connectivity index (χ3v) is 4.63. The summed E-state index contributed by atoms with van der Waals surface area (Å²) in [6, 6.07) is 7.33. The number of hydrogen-bond donors (Lipinski definition) is 2. The molecule has 3 unspecified atom stereocenters. The molecule has 3 atom stereocenters. The first-order chi connectivity index (χ1) is 11.4. The second kappa shape index (κ2) is 8.32. The molecule has 0 radical (unpaired) electrons. The third-order valence-electron chi connectivity index (χ3n) is 4.63. The van der Waals surface area contributed by atoms with Gasteiger partial charge in [-0.15, -0.1) is 0 Å². The normalized spacial score (nSPS) is 20.5. The van der Waals surface area contributed by atoms with Crippen LogP contribution in [0, 0.1) is 17.8 Å². The Balaban J connectivity index is 1.85. The molecule has 2 amide bonds. The lowest BCUT2D eigenvalue weighted by Crippen LogP contribution is -2.32. The zero-order valence-electron chi connectivity index (χ0n) is 15.3. The molecule has 0 saturated heterocycles. The smallest absolute Gasteiger partial charge is 0.251 e. The van der Waals surface area contributed by atoms with E-state index in [4.69, 9.17) is 0 Å². The van der Waals surface area contributed by atoms with E-state index in [1.807, 2.05) is 19.1 Å². The number of amides is 2. The van der Waals surface area contributed by atoms with Gasteiger partial charge in [-0.3, -0.25) is 9.59 Å². The fourth-order valence-corrected chi connectivity index (χ4v) is 2.87. The molecule has 24 heavy (non-hydrogen) atoms. The van der Waals surface area contributed by atoms with Crippen LogP contribution in [0.25, 0.3) is 0 Å². The first-order valence-corrected chi connectivity index (χ1v) is 9.08. The Morgan fingerprint density at radius 3 is 2.54 bits per heavy atom. The molecule has 4 heteroatoms. The van der Waals surface area contributed by atoms with Crippen LogP contribution in [-0.4, -0.2) is 17.9 Å². The minimum atomic E-state index is -0.0806. The monoisotopic (exact) mass is 330 g/mol. The second-order valence-electron chi connectivity index (χ2n) is 7.59. The number of carbonyl (C=O) groups excluding carboxylic acids is 2. The van der Waals surface area contributed by atoms with Gasteiger partial charge in [0.05, 0.1) is 0 Å². The van der Waals surface area contributed by atoms with Crippen molar-refractivity contribution >= 4 is 17.5 Å². The van der Waals surface area contributed by atoms with Gasteiger partial charge in [-0.2, -0.15) is 0 Å². The van der Waals surface area contributed by atoms with Crippen molar-refractivity contribution in [2.75, 3.05) is 5.32 Å². The molecule has 1 aliphatic carbocycles. The molecule has 4 nitrogen and oxygen atoms in total. The van der Waals surface area contributed by atoms with E-state index in [0.717, 1.165) is 19.3 Å². The third kappa shape index (κ3) is 5.66. The maximum atomic E-state index is 12.4. The Bertz CT molecular complexity index is 583. The summed E-state index contributed by atoms with van der Waals surface area (Å²) < 4.78 is 0. The zero-order chi connectivity index (χ0) is 17.7. The number of hydrogen-bond acceptors (Lipinski definition) is 2. The Kier molecular flexibility index (Phi) is 6.41. The van der Waals surface area contributed by atoms with E-state index in [2.05, 4.69) is 31.4 Å². The lowest BCUT2D eigenvalue weighted by Gasteiger charge is -2.15. The first kappa shape index (κ1) is 18.5. The Morgan fingerprint density at radius 2 is 1.92 bits per heavy atom. The molecule has 1 fully saturated rings. The molecule has 0 spiro atoms. The Morgan fingerprint density at radius 1 is 1.21 bits per heavy atom. The van der Waals surface area contributed by atoms with Crippen molar-refractivity contribution in [2.45, 2.75) is 59.4 Å². The lowest BCUT2D eigenvalue weighted by molar-refractivity contribution is -0.117. The highest BCUT2D eigenvalue weighted by atomic mass is 16.2. The Hall–Kier alpha value is -1.84. The molecule has 1 aromatic carbocycles. The molecule has 0 heterocycles. The lowest BCUT2D eigenvalue weighted by atomic mass is 10.0. The molecule has 2 rings (SSSR count). The Labute approximate surface area is 145 Å². The summed E-state index contributed by atoms with van der Waals surface area (Å²) in [6.45, 7) is 8.55. The number of anilines is 1. The topological polar surface area (TPSA) is 58.2 Å². The van der Waals surface area contributed by atoms with Gasteiger partial charge in [0.25, 0.3) is 5.91 Å². The number of rotatable bonds is 8. The van der Waals surface area contributed by atoms with Crippen molar-refractivity contribution in [3.63, 3.8) is 0 Å². The van der Waals surface area contributed by atoms with Crippen LogP contribution in [0.4, 0.5) is 5.69 Å². The summed E-state index contributed by atoms with van der Waals surface area (Å²) in [5, 5.41) is 5.95. The van der Waals surface area contributed by atoms with Gasteiger partial charge in [-0.05, 0) is 49.8 Å². The molecule has 0 aliphatic heterocycles. The van der Waals surface area contributed by atoms with Crippen LogP contribution in [0.1, 0.15) is 63.7 Å². The number of nitrogens with one attached hydrogen (secondary N) is 2. The molecule has 2 N–H and O–H groups in total. The summed E-state index contributed by atoms with van der Waals surface area (Å²) in [6.07, 6.45) is 4.25. The highest BCUT2D eigenvalue weighted by Gasteiger charge is 2.39. The summed E-state index contributed by atoms with van der Waals surface area (Å²) in [5.74, 6) is 1.28. The predicted octanol–water partition coefficient (Wildman–Crippen LogP) is 4.23. The number of benzene rings is 1. The molecule has 0 bridgehead atoms. The zero-order valence-corrected chi connectivity index (χ0v) is 15.3. The summed E-state index contributed by atoms with van der Waals surface area (Å²) in [5.41, 5.74) is 1.28. The van der Waals surface area contributed by atoms with E-state index in [9.17, 15) is 9.59 Å². The second-order valence-corrected chi connectivity index (χ2v) is 7.59. The highest BCUT2D eigenvalue weighted by molar-refractivity contribution is 5.98. The molecule has 0 aromatic heterocycles. The maximum absolute atomic E-state index is 12.4. The number of carbonyl (C=O) groups is 2. The van der Waals surface area contributed by atoms with E-state index in [1.165, 1.54) is 6.42 Å². The molecule has 132 valence electrons. The molecule has 1 aromatic rings. The summed E-state index contributed by atoms with van der Waals surface area (Å²) in [4.78, 5) is 24.4. The van der Waals surface area contributed by atoms with Gasteiger partial charge in [0.2, 0.25) is 5.91 Å². The largest absolute Gasteiger partial charge is 0.350 e. The van der Waals surface area contributed by atoms with Crippen molar-refractivity contribution in [1.29, 1.82) is 0 Å². The summed E-state index contributed by atoms with van der Waals surface area (Å²) in [7, 11) is 0. The molecule has 1 saturated carbocycles. The average Bonchev–Trinajstić information content (AvgIpc) is 3.24. The van der Waals surface area contributed by atoms with Crippen molar-refractivity contribution < 1.29 is 9.59 Å². The van der Waals surface area contributed by atoms with E-state index in [1.54, 1.807) is 12.1 Å². The fraction of sp³-hybridized carbons (Fsp3) is 0.600. The van der Waals surface area contributed by atoms with E-state index < -0.39 is 0 Å².